The summed E-state index contributed by atoms with van der Waals surface area (Å²) in [6.07, 6.45) is 0.977. The first-order valence-corrected chi connectivity index (χ1v) is 9.88. The minimum atomic E-state index is -3.63. The molecule has 3 rings (SSSR count). The van der Waals surface area contributed by atoms with Gasteiger partial charge in [0, 0.05) is 19.5 Å². The van der Waals surface area contributed by atoms with Crippen LogP contribution in [-0.4, -0.2) is 37.7 Å². The Morgan fingerprint density at radius 1 is 1.22 bits per heavy atom. The smallest absolute Gasteiger partial charge is 0.306 e. The number of nitrogens with zero attached hydrogens (tertiary/aromatic N) is 1. The van der Waals surface area contributed by atoms with Crippen LogP contribution in [0.4, 0.5) is 0 Å². The van der Waals surface area contributed by atoms with Crippen LogP contribution in [0.3, 0.4) is 0 Å². The first-order valence-electron chi connectivity index (χ1n) is 8.06. The predicted molar refractivity (Wildman–Crippen MR) is 101 cm³/mol. The zero-order valence-corrected chi connectivity index (χ0v) is 15.9. The van der Waals surface area contributed by atoms with Gasteiger partial charge in [0.05, 0.1) is 30.0 Å². The van der Waals surface area contributed by atoms with Crippen LogP contribution in [0.25, 0.3) is 22.4 Å². The van der Waals surface area contributed by atoms with Gasteiger partial charge in [-0.15, -0.1) is 0 Å². The highest BCUT2D eigenvalue weighted by atomic mass is 32.2. The third-order valence-corrected chi connectivity index (χ3v) is 4.26. The Morgan fingerprint density at radius 2 is 2.00 bits per heavy atom. The fourth-order valence-electron chi connectivity index (χ4n) is 2.61. The number of amides is 1. The Hall–Kier alpha value is -3.07. The first kappa shape index (κ1) is 18.7. The molecule has 27 heavy (non-hydrogen) atoms. The van der Waals surface area contributed by atoms with Gasteiger partial charge in [0.1, 0.15) is 17.3 Å². The number of imidazole rings is 1. The molecule has 0 saturated heterocycles. The number of ether oxygens (including phenoxy) is 1. The molecule has 3 aromatic rings. The van der Waals surface area contributed by atoms with Crippen molar-refractivity contribution in [3.63, 3.8) is 0 Å². The predicted octanol–water partition coefficient (Wildman–Crippen LogP) is 2.21. The molecule has 1 heterocycles. The molecule has 8 nitrogen and oxygen atoms in total. The third-order valence-electron chi connectivity index (χ3n) is 3.76. The van der Waals surface area contributed by atoms with E-state index in [1.807, 2.05) is 18.2 Å². The van der Waals surface area contributed by atoms with Crippen LogP contribution in [0, 0.1) is 0 Å². The van der Waals surface area contributed by atoms with Gasteiger partial charge in [-0.05, 0) is 29.8 Å². The summed E-state index contributed by atoms with van der Waals surface area (Å²) in [5, 5.41) is 2.75. The van der Waals surface area contributed by atoms with Gasteiger partial charge in [-0.2, -0.15) is 8.42 Å². The standard InChI is InChI=1S/C18H19N3O5S/c1-11(22)19-10-12-4-7-15-16(8-12)21-18(20-15)14-6-5-13(9-17(14)25-2)26-27(3,23)24/h4-9H,10H2,1-3H3,(H,19,22)(H,20,21). The number of hydrogen-bond acceptors (Lipinski definition) is 6. The molecule has 2 aromatic carbocycles. The summed E-state index contributed by atoms with van der Waals surface area (Å²) in [5.74, 6) is 1.06. The van der Waals surface area contributed by atoms with Crippen LogP contribution in [0.1, 0.15) is 12.5 Å². The van der Waals surface area contributed by atoms with E-state index in [2.05, 4.69) is 15.3 Å². The van der Waals surface area contributed by atoms with Crippen molar-refractivity contribution in [1.82, 2.24) is 15.3 Å². The molecular formula is C18H19N3O5S. The summed E-state index contributed by atoms with van der Waals surface area (Å²) in [6.45, 7) is 1.90. The maximum atomic E-state index is 11.3. The number of carbonyl (C=O) groups excluding carboxylic acids is 1. The fraction of sp³-hybridized carbons (Fsp3) is 0.222. The van der Waals surface area contributed by atoms with Crippen LogP contribution >= 0.6 is 0 Å². The highest BCUT2D eigenvalue weighted by Crippen LogP contribution is 2.33. The Morgan fingerprint density at radius 3 is 2.67 bits per heavy atom. The Balaban J connectivity index is 1.95. The average molecular weight is 389 g/mol. The number of H-pyrrole nitrogens is 1. The highest BCUT2D eigenvalue weighted by molar-refractivity contribution is 7.86. The lowest BCUT2D eigenvalue weighted by molar-refractivity contribution is -0.119. The zero-order valence-electron chi connectivity index (χ0n) is 15.1. The molecular weight excluding hydrogens is 370 g/mol. The lowest BCUT2D eigenvalue weighted by Crippen LogP contribution is -2.18. The van der Waals surface area contributed by atoms with E-state index in [-0.39, 0.29) is 11.7 Å². The van der Waals surface area contributed by atoms with Gasteiger partial charge in [-0.25, -0.2) is 4.98 Å². The molecule has 0 unspecified atom stereocenters. The van der Waals surface area contributed by atoms with Crippen LogP contribution in [0.2, 0.25) is 0 Å². The quantitative estimate of drug-likeness (QED) is 0.626. The van der Waals surface area contributed by atoms with Crippen molar-refractivity contribution in [2.24, 2.45) is 0 Å². The van der Waals surface area contributed by atoms with Crippen LogP contribution in [0.15, 0.2) is 36.4 Å². The van der Waals surface area contributed by atoms with Crippen molar-refractivity contribution < 1.29 is 22.1 Å². The average Bonchev–Trinajstić information content (AvgIpc) is 3.01. The molecule has 142 valence electrons. The molecule has 0 saturated carbocycles. The Labute approximate surface area is 156 Å². The largest absolute Gasteiger partial charge is 0.496 e. The number of rotatable bonds is 6. The number of aromatic amines is 1. The second kappa shape index (κ2) is 7.28. The molecule has 0 spiro atoms. The fourth-order valence-corrected chi connectivity index (χ4v) is 3.07. The number of methoxy groups -OCH3 is 1. The molecule has 0 fully saturated rings. The van der Waals surface area contributed by atoms with E-state index in [1.165, 1.54) is 26.2 Å². The summed E-state index contributed by atoms with van der Waals surface area (Å²) in [6, 6.07) is 10.4. The van der Waals surface area contributed by atoms with Crippen molar-refractivity contribution in [1.29, 1.82) is 0 Å². The second-order valence-electron chi connectivity index (χ2n) is 6.00. The first-order chi connectivity index (χ1) is 12.7. The molecule has 1 amide bonds. The zero-order chi connectivity index (χ0) is 19.6. The van der Waals surface area contributed by atoms with E-state index >= 15 is 0 Å². The van der Waals surface area contributed by atoms with Crippen LogP contribution in [0.5, 0.6) is 11.5 Å². The summed E-state index contributed by atoms with van der Waals surface area (Å²) >= 11 is 0. The molecule has 0 atom stereocenters. The number of aromatic nitrogens is 2. The highest BCUT2D eigenvalue weighted by Gasteiger charge is 2.14. The van der Waals surface area contributed by atoms with Crippen LogP contribution in [-0.2, 0) is 21.5 Å². The lowest BCUT2D eigenvalue weighted by Gasteiger charge is -2.09. The summed E-state index contributed by atoms with van der Waals surface area (Å²) in [7, 11) is -2.14. The van der Waals surface area contributed by atoms with Gasteiger partial charge in [-0.3, -0.25) is 4.79 Å². The Kier molecular flexibility index (Phi) is 5.04. The topological polar surface area (TPSA) is 110 Å². The maximum absolute atomic E-state index is 11.3. The summed E-state index contributed by atoms with van der Waals surface area (Å²) in [4.78, 5) is 18.8. The van der Waals surface area contributed by atoms with Gasteiger partial charge >= 0.3 is 10.1 Å². The van der Waals surface area contributed by atoms with E-state index < -0.39 is 10.1 Å². The molecule has 1 aromatic heterocycles. The summed E-state index contributed by atoms with van der Waals surface area (Å²) < 4.78 is 32.8. The SMILES string of the molecule is COc1cc(OS(C)(=O)=O)ccc1-c1nc2ccc(CNC(C)=O)cc2[nH]1. The van der Waals surface area contributed by atoms with E-state index in [4.69, 9.17) is 8.92 Å². The molecule has 9 heteroatoms. The van der Waals surface area contributed by atoms with Crippen molar-refractivity contribution in [3.05, 3.63) is 42.0 Å². The van der Waals surface area contributed by atoms with Crippen LogP contribution < -0.4 is 14.2 Å². The maximum Gasteiger partial charge on any atom is 0.306 e. The molecule has 0 bridgehead atoms. The normalized spacial score (nSPS) is 11.4. The second-order valence-corrected chi connectivity index (χ2v) is 7.57. The molecule has 0 aliphatic heterocycles. The van der Waals surface area contributed by atoms with Crippen molar-refractivity contribution in [3.8, 4) is 22.9 Å². The number of benzene rings is 2. The number of hydrogen-bond donors (Lipinski definition) is 2. The van der Waals surface area contributed by atoms with E-state index in [1.54, 1.807) is 6.07 Å². The van der Waals surface area contributed by atoms with Gasteiger partial charge in [0.2, 0.25) is 5.91 Å². The summed E-state index contributed by atoms with van der Waals surface area (Å²) in [5.41, 5.74) is 3.18. The minimum Gasteiger partial charge on any atom is -0.496 e. The number of nitrogens with one attached hydrogen (secondary N) is 2. The van der Waals surface area contributed by atoms with Gasteiger partial charge in [-0.1, -0.05) is 6.07 Å². The van der Waals surface area contributed by atoms with Crippen molar-refractivity contribution >= 4 is 27.1 Å². The van der Waals surface area contributed by atoms with Gasteiger partial charge in [0.15, 0.2) is 0 Å². The van der Waals surface area contributed by atoms with E-state index in [9.17, 15) is 13.2 Å². The third kappa shape index (κ3) is 4.56. The Bertz CT molecular complexity index is 1110. The molecule has 0 aliphatic carbocycles. The van der Waals surface area contributed by atoms with Crippen molar-refractivity contribution in [2.75, 3.05) is 13.4 Å². The van der Waals surface area contributed by atoms with E-state index in [0.717, 1.165) is 22.9 Å². The van der Waals surface area contributed by atoms with Gasteiger partial charge in [0.25, 0.3) is 0 Å². The lowest BCUT2D eigenvalue weighted by atomic mass is 10.2. The monoisotopic (exact) mass is 389 g/mol. The molecule has 2 N–H and O–H groups in total. The molecule has 0 radical (unpaired) electrons. The molecule has 0 aliphatic rings. The van der Waals surface area contributed by atoms with Gasteiger partial charge < -0.3 is 19.2 Å². The number of fused-ring (bicyclic) bond motifs is 1. The minimum absolute atomic E-state index is 0.0958. The number of carbonyl (C=O) groups is 1. The van der Waals surface area contributed by atoms with E-state index in [0.29, 0.717) is 23.7 Å². The van der Waals surface area contributed by atoms with Crippen molar-refractivity contribution in [2.45, 2.75) is 13.5 Å².